The van der Waals surface area contributed by atoms with Crippen LogP contribution in [0.4, 0.5) is 5.69 Å². The predicted octanol–water partition coefficient (Wildman–Crippen LogP) is 3.67. The highest BCUT2D eigenvalue weighted by Gasteiger charge is 2.01. The molecule has 4 heteroatoms. The molecule has 0 aliphatic rings. The Morgan fingerprint density at radius 1 is 1.38 bits per heavy atom. The Hall–Kier alpha value is -1.29. The third-order valence-electron chi connectivity index (χ3n) is 2.28. The maximum atomic E-state index is 5.47. The van der Waals surface area contributed by atoms with E-state index < -0.39 is 0 Å². The predicted molar refractivity (Wildman–Crippen MR) is 67.4 cm³/mol. The fourth-order valence-electron chi connectivity index (χ4n) is 1.42. The minimum absolute atomic E-state index is 0.677. The molecule has 0 aliphatic carbocycles. The molecule has 0 fully saturated rings. The lowest BCUT2D eigenvalue weighted by Gasteiger charge is -2.05. The normalized spacial score (nSPS) is 10.4. The van der Waals surface area contributed by atoms with Gasteiger partial charge in [0.25, 0.3) is 0 Å². The van der Waals surface area contributed by atoms with Crippen molar-refractivity contribution in [3.63, 3.8) is 0 Å². The molecular formula is C12H13BrN2O. The van der Waals surface area contributed by atoms with Crippen molar-refractivity contribution in [2.75, 3.05) is 5.32 Å². The summed E-state index contributed by atoms with van der Waals surface area (Å²) >= 11 is 3.37. The lowest BCUT2D eigenvalue weighted by Crippen LogP contribution is -1.99. The van der Waals surface area contributed by atoms with Gasteiger partial charge in [0.2, 0.25) is 0 Å². The maximum absolute atomic E-state index is 5.47. The molecule has 1 N–H and O–H groups in total. The highest BCUT2D eigenvalue weighted by Crippen LogP contribution is 2.17. The lowest BCUT2D eigenvalue weighted by molar-refractivity contribution is 0.490. The topological polar surface area (TPSA) is 38.1 Å². The summed E-state index contributed by atoms with van der Waals surface area (Å²) in [5, 5.41) is 3.27. The molecule has 2 aromatic heterocycles. The standard InChI is InChI=1S/C12H13BrN2O/c1-8-5-10(6-15-12(8)13)14-7-11-4-3-9(2)16-11/h3-6,14H,7H2,1-2H3. The van der Waals surface area contributed by atoms with Gasteiger partial charge in [-0.05, 0) is 53.5 Å². The Morgan fingerprint density at radius 3 is 2.81 bits per heavy atom. The van der Waals surface area contributed by atoms with Gasteiger partial charge >= 0.3 is 0 Å². The second-order valence-electron chi connectivity index (χ2n) is 3.70. The molecule has 2 rings (SSSR count). The highest BCUT2D eigenvalue weighted by molar-refractivity contribution is 9.10. The lowest BCUT2D eigenvalue weighted by atomic mass is 10.3. The van der Waals surface area contributed by atoms with Crippen LogP contribution in [-0.4, -0.2) is 4.98 Å². The monoisotopic (exact) mass is 280 g/mol. The summed E-state index contributed by atoms with van der Waals surface area (Å²) in [6.45, 7) is 4.63. The zero-order valence-electron chi connectivity index (χ0n) is 9.25. The molecule has 0 amide bonds. The minimum Gasteiger partial charge on any atom is -0.465 e. The fraction of sp³-hybridized carbons (Fsp3) is 0.250. The second kappa shape index (κ2) is 4.70. The van der Waals surface area contributed by atoms with E-state index in [1.165, 1.54) is 0 Å². The first-order valence-corrected chi connectivity index (χ1v) is 5.86. The van der Waals surface area contributed by atoms with Crippen LogP contribution in [0.5, 0.6) is 0 Å². The quantitative estimate of drug-likeness (QED) is 0.872. The third kappa shape index (κ3) is 2.64. The first kappa shape index (κ1) is 11.2. The number of nitrogens with zero attached hydrogens (tertiary/aromatic N) is 1. The summed E-state index contributed by atoms with van der Waals surface area (Å²) in [5.41, 5.74) is 2.11. The number of hydrogen-bond acceptors (Lipinski definition) is 3. The number of aromatic nitrogens is 1. The minimum atomic E-state index is 0.677. The van der Waals surface area contributed by atoms with Crippen LogP contribution in [0, 0.1) is 13.8 Å². The van der Waals surface area contributed by atoms with Gasteiger partial charge in [0.05, 0.1) is 18.4 Å². The average Bonchev–Trinajstić information content (AvgIpc) is 2.66. The molecule has 3 nitrogen and oxygen atoms in total. The van der Waals surface area contributed by atoms with Gasteiger partial charge in [0.1, 0.15) is 16.1 Å². The summed E-state index contributed by atoms with van der Waals surface area (Å²) in [4.78, 5) is 4.22. The molecule has 0 atom stereocenters. The number of aryl methyl sites for hydroxylation is 2. The van der Waals surface area contributed by atoms with Crippen LogP contribution in [0.2, 0.25) is 0 Å². The van der Waals surface area contributed by atoms with Gasteiger partial charge < -0.3 is 9.73 Å². The zero-order valence-corrected chi connectivity index (χ0v) is 10.8. The maximum Gasteiger partial charge on any atom is 0.123 e. The van der Waals surface area contributed by atoms with Crippen LogP contribution in [0.25, 0.3) is 0 Å². The summed E-state index contributed by atoms with van der Waals surface area (Å²) in [7, 11) is 0. The van der Waals surface area contributed by atoms with Crippen molar-refractivity contribution in [2.45, 2.75) is 20.4 Å². The molecule has 0 saturated heterocycles. The Morgan fingerprint density at radius 2 is 2.19 bits per heavy atom. The van der Waals surface area contributed by atoms with Crippen molar-refractivity contribution < 1.29 is 4.42 Å². The second-order valence-corrected chi connectivity index (χ2v) is 4.45. The van der Waals surface area contributed by atoms with Crippen molar-refractivity contribution in [1.82, 2.24) is 4.98 Å². The Balaban J connectivity index is 2.02. The summed E-state index contributed by atoms with van der Waals surface area (Å²) in [5.74, 6) is 1.86. The van der Waals surface area contributed by atoms with Gasteiger partial charge in [-0.2, -0.15) is 0 Å². The van der Waals surface area contributed by atoms with Gasteiger partial charge in [-0.3, -0.25) is 0 Å². The van der Waals surface area contributed by atoms with E-state index in [1.807, 2.05) is 32.0 Å². The average molecular weight is 281 g/mol. The molecule has 0 bridgehead atoms. The molecule has 16 heavy (non-hydrogen) atoms. The van der Waals surface area contributed by atoms with Crippen molar-refractivity contribution in [3.8, 4) is 0 Å². The van der Waals surface area contributed by atoms with Crippen LogP contribution in [0.3, 0.4) is 0 Å². The Labute approximate surface area is 103 Å². The number of nitrogens with one attached hydrogen (secondary N) is 1. The first-order valence-electron chi connectivity index (χ1n) is 5.06. The van der Waals surface area contributed by atoms with Crippen LogP contribution in [0.15, 0.2) is 33.4 Å². The number of pyridine rings is 1. The van der Waals surface area contributed by atoms with Gasteiger partial charge in [0, 0.05) is 0 Å². The van der Waals surface area contributed by atoms with E-state index in [1.54, 1.807) is 6.20 Å². The summed E-state index contributed by atoms with van der Waals surface area (Å²) < 4.78 is 6.35. The van der Waals surface area contributed by atoms with Gasteiger partial charge in [-0.1, -0.05) is 0 Å². The number of rotatable bonds is 3. The zero-order chi connectivity index (χ0) is 11.5. The SMILES string of the molecule is Cc1ccc(CNc2cnc(Br)c(C)c2)o1. The van der Waals surface area contributed by atoms with Crippen LogP contribution >= 0.6 is 15.9 Å². The molecule has 0 unspecified atom stereocenters. The molecule has 2 aromatic rings. The van der Waals surface area contributed by atoms with Gasteiger partial charge in [-0.15, -0.1) is 0 Å². The van der Waals surface area contributed by atoms with Gasteiger partial charge in [0.15, 0.2) is 0 Å². The fourth-order valence-corrected chi connectivity index (χ4v) is 1.64. The largest absolute Gasteiger partial charge is 0.465 e. The summed E-state index contributed by atoms with van der Waals surface area (Å²) in [6, 6.07) is 5.98. The van der Waals surface area contributed by atoms with E-state index in [0.717, 1.165) is 27.4 Å². The number of halogens is 1. The van der Waals surface area contributed by atoms with Crippen LogP contribution in [-0.2, 0) is 6.54 Å². The highest BCUT2D eigenvalue weighted by atomic mass is 79.9. The molecule has 84 valence electrons. The smallest absolute Gasteiger partial charge is 0.123 e. The number of hydrogen-bond donors (Lipinski definition) is 1. The van der Waals surface area contributed by atoms with E-state index in [-0.39, 0.29) is 0 Å². The summed E-state index contributed by atoms with van der Waals surface area (Å²) in [6.07, 6.45) is 1.80. The van der Waals surface area contributed by atoms with Crippen LogP contribution in [0.1, 0.15) is 17.1 Å². The van der Waals surface area contributed by atoms with Crippen LogP contribution < -0.4 is 5.32 Å². The molecule has 0 radical (unpaired) electrons. The van der Waals surface area contributed by atoms with E-state index in [4.69, 9.17) is 4.42 Å². The molecule has 0 aliphatic heterocycles. The van der Waals surface area contributed by atoms with Crippen molar-refractivity contribution in [3.05, 3.63) is 46.1 Å². The number of furan rings is 1. The molecular weight excluding hydrogens is 268 g/mol. The molecule has 0 spiro atoms. The van der Waals surface area contributed by atoms with Gasteiger partial charge in [-0.25, -0.2) is 4.98 Å². The van der Waals surface area contributed by atoms with Crippen molar-refractivity contribution in [1.29, 1.82) is 0 Å². The van der Waals surface area contributed by atoms with E-state index in [9.17, 15) is 0 Å². The van der Waals surface area contributed by atoms with E-state index in [0.29, 0.717) is 6.54 Å². The van der Waals surface area contributed by atoms with E-state index >= 15 is 0 Å². The molecule has 2 heterocycles. The molecule has 0 aromatic carbocycles. The Kier molecular flexibility index (Phi) is 3.29. The van der Waals surface area contributed by atoms with Crippen molar-refractivity contribution in [2.24, 2.45) is 0 Å². The first-order chi connectivity index (χ1) is 7.65. The van der Waals surface area contributed by atoms with Crippen molar-refractivity contribution >= 4 is 21.6 Å². The van der Waals surface area contributed by atoms with E-state index in [2.05, 4.69) is 26.2 Å². The third-order valence-corrected chi connectivity index (χ3v) is 3.11. The number of anilines is 1. The Bertz CT molecular complexity index is 494. The molecule has 0 saturated carbocycles.